The molecule has 4 nitrogen and oxygen atoms in total. The number of nitrogens with one attached hydrogen (secondary N) is 1. The largest absolute Gasteiger partial charge is 0.396 e. The van der Waals surface area contributed by atoms with Gasteiger partial charge in [-0.1, -0.05) is 30.7 Å². The number of hydrogen-bond donors (Lipinski definition) is 2. The third-order valence-corrected chi connectivity index (χ3v) is 4.68. The number of carbonyl (C=O) groups is 1. The van der Waals surface area contributed by atoms with Crippen molar-refractivity contribution in [1.82, 2.24) is 5.32 Å². The first-order valence-electron chi connectivity index (χ1n) is 7.75. The molecule has 0 saturated carbocycles. The van der Waals surface area contributed by atoms with E-state index in [1.807, 2.05) is 31.2 Å². The summed E-state index contributed by atoms with van der Waals surface area (Å²) in [7, 11) is 0. The van der Waals surface area contributed by atoms with Crippen LogP contribution in [0.4, 0.5) is 0 Å². The summed E-state index contributed by atoms with van der Waals surface area (Å²) in [6.07, 6.45) is 2.25. The lowest BCUT2D eigenvalue weighted by atomic mass is 9.81. The van der Waals surface area contributed by atoms with E-state index in [0.717, 1.165) is 18.4 Å². The minimum atomic E-state index is -0.228. The predicted molar refractivity (Wildman–Crippen MR) is 86.9 cm³/mol. The third kappa shape index (κ3) is 4.70. The van der Waals surface area contributed by atoms with Crippen molar-refractivity contribution in [2.75, 3.05) is 26.4 Å². The fourth-order valence-electron chi connectivity index (χ4n) is 2.71. The molecule has 2 rings (SSSR count). The van der Waals surface area contributed by atoms with Crippen molar-refractivity contribution in [2.45, 2.75) is 26.2 Å². The number of benzene rings is 1. The van der Waals surface area contributed by atoms with E-state index in [1.54, 1.807) is 0 Å². The van der Waals surface area contributed by atoms with Crippen molar-refractivity contribution < 1.29 is 14.6 Å². The van der Waals surface area contributed by atoms with Crippen molar-refractivity contribution in [3.05, 3.63) is 34.9 Å². The van der Waals surface area contributed by atoms with Gasteiger partial charge in [-0.25, -0.2) is 0 Å². The van der Waals surface area contributed by atoms with Crippen molar-refractivity contribution >= 4 is 17.5 Å². The second kappa shape index (κ2) is 7.95. The number of hydrogen-bond acceptors (Lipinski definition) is 3. The highest BCUT2D eigenvalue weighted by atomic mass is 35.5. The summed E-state index contributed by atoms with van der Waals surface area (Å²) >= 11 is 5.86. The zero-order valence-corrected chi connectivity index (χ0v) is 13.7. The normalized spacial score (nSPS) is 18.7. The number of aliphatic hydroxyl groups is 1. The van der Waals surface area contributed by atoms with E-state index in [1.165, 1.54) is 0 Å². The Morgan fingerprint density at radius 3 is 2.59 bits per heavy atom. The molecule has 1 saturated heterocycles. The van der Waals surface area contributed by atoms with Gasteiger partial charge in [0.25, 0.3) is 0 Å². The lowest BCUT2D eigenvalue weighted by Gasteiger charge is -2.35. The molecule has 1 aliphatic heterocycles. The molecule has 2 N–H and O–H groups in total. The Bertz CT molecular complexity index is 483. The number of halogens is 1. The van der Waals surface area contributed by atoms with E-state index < -0.39 is 0 Å². The molecule has 1 unspecified atom stereocenters. The SMILES string of the molecule is CC(Cc1ccc(Cl)cc1)C(=O)NCC1(CO)CCOCC1. The molecular weight excluding hydrogens is 302 g/mol. The second-order valence-electron chi connectivity index (χ2n) is 6.22. The van der Waals surface area contributed by atoms with Crippen molar-refractivity contribution in [1.29, 1.82) is 0 Å². The number of ether oxygens (including phenoxy) is 1. The highest BCUT2D eigenvalue weighted by Crippen LogP contribution is 2.29. The lowest BCUT2D eigenvalue weighted by molar-refractivity contribution is -0.125. The topological polar surface area (TPSA) is 58.6 Å². The summed E-state index contributed by atoms with van der Waals surface area (Å²) in [5, 5.41) is 13.3. The first-order valence-corrected chi connectivity index (χ1v) is 8.13. The fourth-order valence-corrected chi connectivity index (χ4v) is 2.84. The fraction of sp³-hybridized carbons (Fsp3) is 0.588. The van der Waals surface area contributed by atoms with Crippen LogP contribution in [0.2, 0.25) is 5.02 Å². The Morgan fingerprint density at radius 1 is 1.36 bits per heavy atom. The Hall–Kier alpha value is -1.10. The smallest absolute Gasteiger partial charge is 0.223 e. The van der Waals surface area contributed by atoms with Crippen molar-refractivity contribution in [3.8, 4) is 0 Å². The molecular formula is C17H24ClNO3. The van der Waals surface area contributed by atoms with Crippen LogP contribution in [0.1, 0.15) is 25.3 Å². The minimum absolute atomic E-state index is 0.0225. The van der Waals surface area contributed by atoms with E-state index in [4.69, 9.17) is 16.3 Å². The van der Waals surface area contributed by atoms with Crippen LogP contribution in [-0.2, 0) is 16.0 Å². The maximum Gasteiger partial charge on any atom is 0.223 e. The molecule has 0 spiro atoms. The summed E-state index contributed by atoms with van der Waals surface area (Å²) in [5.74, 6) is -0.0916. The van der Waals surface area contributed by atoms with Crippen LogP contribution in [0, 0.1) is 11.3 Å². The van der Waals surface area contributed by atoms with E-state index in [2.05, 4.69) is 5.32 Å². The molecule has 122 valence electrons. The third-order valence-electron chi connectivity index (χ3n) is 4.43. The van der Waals surface area contributed by atoms with Crippen LogP contribution in [0.5, 0.6) is 0 Å². The van der Waals surface area contributed by atoms with Gasteiger partial charge in [0.05, 0.1) is 6.61 Å². The van der Waals surface area contributed by atoms with Crippen LogP contribution in [0.15, 0.2) is 24.3 Å². The summed E-state index contributed by atoms with van der Waals surface area (Å²) in [6.45, 7) is 3.81. The maximum absolute atomic E-state index is 12.3. The maximum atomic E-state index is 12.3. The predicted octanol–water partition coefficient (Wildman–Crippen LogP) is 2.42. The Labute approximate surface area is 136 Å². The molecule has 0 bridgehead atoms. The lowest BCUT2D eigenvalue weighted by Crippen LogP contribution is -2.45. The molecule has 0 radical (unpaired) electrons. The zero-order valence-electron chi connectivity index (χ0n) is 13.0. The average molecular weight is 326 g/mol. The molecule has 1 aliphatic rings. The Balaban J connectivity index is 1.84. The summed E-state index contributed by atoms with van der Waals surface area (Å²) in [6, 6.07) is 7.56. The number of amides is 1. The Morgan fingerprint density at radius 2 is 2.00 bits per heavy atom. The van der Waals surface area contributed by atoms with Gasteiger partial charge in [0, 0.05) is 36.1 Å². The van der Waals surface area contributed by atoms with Gasteiger partial charge in [-0.3, -0.25) is 4.79 Å². The average Bonchev–Trinajstić information content (AvgIpc) is 2.55. The van der Waals surface area contributed by atoms with Gasteiger partial charge >= 0.3 is 0 Å². The van der Waals surface area contributed by atoms with Crippen LogP contribution < -0.4 is 5.32 Å². The van der Waals surface area contributed by atoms with Gasteiger partial charge in [0.1, 0.15) is 0 Å². The molecule has 1 aromatic rings. The highest BCUT2D eigenvalue weighted by Gasteiger charge is 2.32. The molecule has 22 heavy (non-hydrogen) atoms. The van der Waals surface area contributed by atoms with E-state index in [0.29, 0.717) is 31.2 Å². The van der Waals surface area contributed by atoms with Crippen LogP contribution in [0.25, 0.3) is 0 Å². The van der Waals surface area contributed by atoms with Crippen LogP contribution in [-0.4, -0.2) is 37.4 Å². The molecule has 1 amide bonds. The van der Waals surface area contributed by atoms with E-state index >= 15 is 0 Å². The van der Waals surface area contributed by atoms with Gasteiger partial charge in [-0.05, 0) is 37.0 Å². The van der Waals surface area contributed by atoms with E-state index in [-0.39, 0.29) is 23.8 Å². The molecule has 0 aromatic heterocycles. The van der Waals surface area contributed by atoms with Gasteiger partial charge < -0.3 is 15.2 Å². The first-order chi connectivity index (χ1) is 10.5. The van der Waals surface area contributed by atoms with Crippen LogP contribution in [0.3, 0.4) is 0 Å². The molecule has 1 heterocycles. The standard InChI is InChI=1S/C17H24ClNO3/c1-13(10-14-2-4-15(18)5-3-14)16(21)19-11-17(12-20)6-8-22-9-7-17/h2-5,13,20H,6-12H2,1H3,(H,19,21). The zero-order chi connectivity index (χ0) is 16.0. The van der Waals surface area contributed by atoms with Crippen molar-refractivity contribution in [2.24, 2.45) is 11.3 Å². The summed E-state index contributed by atoms with van der Waals surface area (Å²) in [5.41, 5.74) is 0.864. The quantitative estimate of drug-likeness (QED) is 0.844. The van der Waals surface area contributed by atoms with Gasteiger partial charge in [-0.15, -0.1) is 0 Å². The number of carbonyl (C=O) groups excluding carboxylic acids is 1. The molecule has 5 heteroatoms. The van der Waals surface area contributed by atoms with Gasteiger partial charge in [-0.2, -0.15) is 0 Å². The first kappa shape index (κ1) is 17.3. The van der Waals surface area contributed by atoms with Crippen molar-refractivity contribution in [3.63, 3.8) is 0 Å². The molecule has 1 atom stereocenters. The second-order valence-corrected chi connectivity index (χ2v) is 6.66. The van der Waals surface area contributed by atoms with E-state index in [9.17, 15) is 9.90 Å². The minimum Gasteiger partial charge on any atom is -0.396 e. The number of aliphatic hydroxyl groups excluding tert-OH is 1. The monoisotopic (exact) mass is 325 g/mol. The number of rotatable bonds is 6. The van der Waals surface area contributed by atoms with Gasteiger partial charge in [0.15, 0.2) is 0 Å². The summed E-state index contributed by atoms with van der Waals surface area (Å²) in [4.78, 5) is 12.3. The molecule has 0 aliphatic carbocycles. The molecule has 1 fully saturated rings. The van der Waals surface area contributed by atoms with Gasteiger partial charge in [0.2, 0.25) is 5.91 Å². The highest BCUT2D eigenvalue weighted by molar-refractivity contribution is 6.30. The molecule has 1 aromatic carbocycles. The Kier molecular flexibility index (Phi) is 6.24. The van der Waals surface area contributed by atoms with Crippen LogP contribution >= 0.6 is 11.6 Å². The summed E-state index contributed by atoms with van der Waals surface area (Å²) < 4.78 is 5.33.